The third-order valence-corrected chi connectivity index (χ3v) is 4.54. The van der Waals surface area contributed by atoms with Gasteiger partial charge in [0.1, 0.15) is 24.7 Å². The van der Waals surface area contributed by atoms with Crippen molar-refractivity contribution in [3.63, 3.8) is 0 Å². The number of benzene rings is 2. The smallest absolute Gasteiger partial charge is 0.196 e. The first-order valence-corrected chi connectivity index (χ1v) is 8.21. The second-order valence-electron chi connectivity index (χ2n) is 5.02. The van der Waals surface area contributed by atoms with Crippen LogP contribution in [0.3, 0.4) is 0 Å². The summed E-state index contributed by atoms with van der Waals surface area (Å²) in [7, 11) is 0. The van der Waals surface area contributed by atoms with E-state index in [1.165, 1.54) is 0 Å². The van der Waals surface area contributed by atoms with Gasteiger partial charge in [0.25, 0.3) is 0 Å². The molecule has 0 saturated heterocycles. The van der Waals surface area contributed by atoms with E-state index in [9.17, 15) is 4.79 Å². The summed E-state index contributed by atoms with van der Waals surface area (Å²) in [5, 5.41) is 1.29. The van der Waals surface area contributed by atoms with E-state index in [0.717, 1.165) is 9.40 Å². The monoisotopic (exact) mass is 330 g/mol. The second-order valence-corrected chi connectivity index (χ2v) is 6.11. The maximum Gasteiger partial charge on any atom is 0.196 e. The topological polar surface area (TPSA) is 87.6 Å². The lowest BCUT2D eigenvalue weighted by Crippen LogP contribution is -2.11. The average Bonchev–Trinajstić information content (AvgIpc) is 2.59. The van der Waals surface area contributed by atoms with Crippen LogP contribution in [0.5, 0.6) is 11.5 Å². The minimum Gasteiger partial charge on any atom is -0.492 e. The zero-order valence-electron chi connectivity index (χ0n) is 12.6. The minimum atomic E-state index is -0.0230. The first-order valence-electron chi connectivity index (χ1n) is 7.39. The number of hydrogen-bond acceptors (Lipinski definition) is 6. The van der Waals surface area contributed by atoms with Crippen molar-refractivity contribution >= 4 is 31.5 Å². The molecule has 23 heavy (non-hydrogen) atoms. The first kappa shape index (κ1) is 15.7. The summed E-state index contributed by atoms with van der Waals surface area (Å²) in [6.07, 6.45) is 0. The van der Waals surface area contributed by atoms with Gasteiger partial charge in [-0.15, -0.1) is 11.3 Å². The van der Waals surface area contributed by atoms with Gasteiger partial charge >= 0.3 is 0 Å². The Balaban J connectivity index is 2.11. The molecule has 6 heteroatoms. The van der Waals surface area contributed by atoms with Crippen LogP contribution in [0.15, 0.2) is 41.2 Å². The molecule has 0 spiro atoms. The summed E-state index contributed by atoms with van der Waals surface area (Å²) in [5.74, 6) is 1.31. The van der Waals surface area contributed by atoms with Gasteiger partial charge in [0.15, 0.2) is 5.43 Å². The Bertz CT molecular complexity index is 823. The van der Waals surface area contributed by atoms with Gasteiger partial charge in [-0.25, -0.2) is 0 Å². The van der Waals surface area contributed by atoms with E-state index in [2.05, 4.69) is 0 Å². The molecule has 120 valence electrons. The van der Waals surface area contributed by atoms with Crippen LogP contribution in [0.4, 0.5) is 0 Å². The van der Waals surface area contributed by atoms with Crippen molar-refractivity contribution < 1.29 is 9.47 Å². The largest absolute Gasteiger partial charge is 0.492 e. The molecular formula is C17H18N2O3S. The summed E-state index contributed by atoms with van der Waals surface area (Å²) in [5.41, 5.74) is 10.9. The highest BCUT2D eigenvalue weighted by Gasteiger charge is 2.09. The van der Waals surface area contributed by atoms with Crippen molar-refractivity contribution in [1.29, 1.82) is 0 Å². The molecule has 2 aromatic carbocycles. The van der Waals surface area contributed by atoms with Crippen molar-refractivity contribution in [2.24, 2.45) is 11.5 Å². The molecule has 0 fully saturated rings. The molecule has 0 aliphatic heterocycles. The quantitative estimate of drug-likeness (QED) is 0.676. The fraction of sp³-hybridized carbons (Fsp3) is 0.235. The Labute approximate surface area is 137 Å². The standard InChI is InChI=1S/C17H18N2O3S/c18-5-7-21-11-1-3-15-13(9-11)17(20)14-10-12(22-8-6-19)2-4-16(14)23-15/h1-4,9-10H,5-8,18-19H2. The van der Waals surface area contributed by atoms with Crippen LogP contribution in [0.25, 0.3) is 20.2 Å². The molecule has 0 saturated carbocycles. The lowest BCUT2D eigenvalue weighted by Gasteiger charge is -2.08. The van der Waals surface area contributed by atoms with E-state index >= 15 is 0 Å². The Hall–Kier alpha value is -2.15. The zero-order chi connectivity index (χ0) is 16.2. The molecule has 0 atom stereocenters. The Morgan fingerprint density at radius 3 is 1.74 bits per heavy atom. The Morgan fingerprint density at radius 2 is 1.30 bits per heavy atom. The van der Waals surface area contributed by atoms with Crippen LogP contribution in [-0.2, 0) is 0 Å². The summed E-state index contributed by atoms with van der Waals surface area (Å²) < 4.78 is 12.9. The molecule has 1 aromatic heterocycles. The van der Waals surface area contributed by atoms with E-state index in [1.54, 1.807) is 23.5 Å². The molecule has 0 unspecified atom stereocenters. The Morgan fingerprint density at radius 1 is 0.826 bits per heavy atom. The first-order chi connectivity index (χ1) is 11.2. The number of ether oxygens (including phenoxy) is 2. The fourth-order valence-corrected chi connectivity index (χ4v) is 3.38. The molecular weight excluding hydrogens is 312 g/mol. The van der Waals surface area contributed by atoms with E-state index in [-0.39, 0.29) is 5.43 Å². The van der Waals surface area contributed by atoms with Crippen LogP contribution in [0.1, 0.15) is 0 Å². The molecule has 0 aliphatic rings. The summed E-state index contributed by atoms with van der Waals surface area (Å²) in [6, 6.07) is 11.1. The van der Waals surface area contributed by atoms with Crippen molar-refractivity contribution in [3.05, 3.63) is 46.6 Å². The molecule has 0 aliphatic carbocycles. The normalized spacial score (nSPS) is 11.0. The SMILES string of the molecule is NCCOc1ccc2sc3ccc(OCCN)cc3c(=O)c2c1. The second kappa shape index (κ2) is 6.95. The number of hydrogen-bond donors (Lipinski definition) is 2. The molecule has 3 rings (SSSR count). The van der Waals surface area contributed by atoms with E-state index in [0.29, 0.717) is 48.6 Å². The maximum absolute atomic E-state index is 12.8. The van der Waals surface area contributed by atoms with Crippen LogP contribution < -0.4 is 26.4 Å². The third-order valence-electron chi connectivity index (χ3n) is 3.38. The van der Waals surface area contributed by atoms with Crippen molar-refractivity contribution in [3.8, 4) is 11.5 Å². The van der Waals surface area contributed by atoms with Crippen molar-refractivity contribution in [1.82, 2.24) is 0 Å². The van der Waals surface area contributed by atoms with Gasteiger partial charge in [0, 0.05) is 33.3 Å². The number of fused-ring (bicyclic) bond motifs is 2. The average molecular weight is 330 g/mol. The van der Waals surface area contributed by atoms with Gasteiger partial charge in [-0.05, 0) is 36.4 Å². The molecule has 0 radical (unpaired) electrons. The number of nitrogens with two attached hydrogens (primary N) is 2. The van der Waals surface area contributed by atoms with E-state index in [4.69, 9.17) is 20.9 Å². The van der Waals surface area contributed by atoms with Gasteiger partial charge in [-0.3, -0.25) is 4.79 Å². The molecule has 5 nitrogen and oxygen atoms in total. The van der Waals surface area contributed by atoms with Crippen LogP contribution in [-0.4, -0.2) is 26.3 Å². The highest BCUT2D eigenvalue weighted by atomic mass is 32.1. The van der Waals surface area contributed by atoms with Crippen LogP contribution in [0.2, 0.25) is 0 Å². The molecule has 3 aromatic rings. The molecule has 4 N–H and O–H groups in total. The lowest BCUT2D eigenvalue weighted by atomic mass is 10.1. The van der Waals surface area contributed by atoms with Crippen LogP contribution in [0, 0.1) is 0 Å². The summed E-state index contributed by atoms with van der Waals surface area (Å²) in [6.45, 7) is 1.72. The van der Waals surface area contributed by atoms with Crippen molar-refractivity contribution in [2.75, 3.05) is 26.3 Å². The van der Waals surface area contributed by atoms with Gasteiger partial charge in [-0.1, -0.05) is 0 Å². The summed E-state index contributed by atoms with van der Waals surface area (Å²) in [4.78, 5) is 12.8. The third kappa shape index (κ3) is 3.29. The Kier molecular flexibility index (Phi) is 4.76. The lowest BCUT2D eigenvalue weighted by molar-refractivity contribution is 0.329. The predicted molar refractivity (Wildman–Crippen MR) is 94.7 cm³/mol. The van der Waals surface area contributed by atoms with Gasteiger partial charge in [0.05, 0.1) is 0 Å². The molecule has 0 amide bonds. The van der Waals surface area contributed by atoms with Gasteiger partial charge < -0.3 is 20.9 Å². The summed E-state index contributed by atoms with van der Waals surface area (Å²) >= 11 is 1.57. The highest BCUT2D eigenvalue weighted by Crippen LogP contribution is 2.29. The van der Waals surface area contributed by atoms with E-state index in [1.807, 2.05) is 24.3 Å². The van der Waals surface area contributed by atoms with Crippen molar-refractivity contribution in [2.45, 2.75) is 0 Å². The maximum atomic E-state index is 12.8. The fourth-order valence-electron chi connectivity index (χ4n) is 2.35. The minimum absolute atomic E-state index is 0.0230. The highest BCUT2D eigenvalue weighted by molar-refractivity contribution is 7.24. The van der Waals surface area contributed by atoms with Crippen LogP contribution >= 0.6 is 11.3 Å². The molecule has 1 heterocycles. The molecule has 0 bridgehead atoms. The van der Waals surface area contributed by atoms with E-state index < -0.39 is 0 Å². The van der Waals surface area contributed by atoms with Gasteiger partial charge in [0.2, 0.25) is 0 Å². The zero-order valence-corrected chi connectivity index (χ0v) is 13.4. The number of rotatable bonds is 6. The predicted octanol–water partition coefficient (Wildman–Crippen LogP) is 2.09. The van der Waals surface area contributed by atoms with Gasteiger partial charge in [-0.2, -0.15) is 0 Å².